The van der Waals surface area contributed by atoms with Crippen LogP contribution >= 0.6 is 11.6 Å². The topological polar surface area (TPSA) is 61.4 Å². The van der Waals surface area contributed by atoms with Crippen LogP contribution in [0.1, 0.15) is 57.1 Å². The molecule has 1 heterocycles. The van der Waals surface area contributed by atoms with Crippen molar-refractivity contribution in [2.45, 2.75) is 57.5 Å². The number of hydrogen-bond donors (Lipinski definition) is 2. The summed E-state index contributed by atoms with van der Waals surface area (Å²) < 4.78 is 0. The second kappa shape index (κ2) is 8.76. The molecular formula is C20H28ClN3O2. The Labute approximate surface area is 160 Å². The highest BCUT2D eigenvalue weighted by Crippen LogP contribution is 2.36. The number of nitrogens with one attached hydrogen (secondary N) is 2. The van der Waals surface area contributed by atoms with Crippen molar-refractivity contribution >= 4 is 23.5 Å². The minimum atomic E-state index is -0.122. The van der Waals surface area contributed by atoms with Crippen LogP contribution < -0.4 is 10.6 Å². The van der Waals surface area contributed by atoms with Crippen molar-refractivity contribution in [3.63, 3.8) is 0 Å². The molecule has 1 aliphatic heterocycles. The van der Waals surface area contributed by atoms with E-state index in [1.807, 2.05) is 29.2 Å². The number of amides is 3. The van der Waals surface area contributed by atoms with Crippen molar-refractivity contribution < 1.29 is 9.59 Å². The molecule has 2 N–H and O–H groups in total. The Bertz CT molecular complexity index is 638. The lowest BCUT2D eigenvalue weighted by Crippen LogP contribution is -2.49. The summed E-state index contributed by atoms with van der Waals surface area (Å²) in [5, 5.41) is 6.99. The lowest BCUT2D eigenvalue weighted by molar-refractivity contribution is -0.129. The van der Waals surface area contributed by atoms with Crippen LogP contribution in [0.5, 0.6) is 0 Å². The van der Waals surface area contributed by atoms with Gasteiger partial charge >= 0.3 is 6.03 Å². The minimum Gasteiger partial charge on any atom is -0.343 e. The van der Waals surface area contributed by atoms with Gasteiger partial charge in [0.15, 0.2) is 0 Å². The Morgan fingerprint density at radius 3 is 2.46 bits per heavy atom. The van der Waals surface area contributed by atoms with Crippen LogP contribution in [-0.2, 0) is 4.79 Å². The van der Waals surface area contributed by atoms with Gasteiger partial charge in [-0.15, -0.1) is 0 Å². The first kappa shape index (κ1) is 19.0. The highest BCUT2D eigenvalue weighted by molar-refractivity contribution is 6.30. The first-order chi connectivity index (χ1) is 12.5. The van der Waals surface area contributed by atoms with E-state index in [9.17, 15) is 9.59 Å². The van der Waals surface area contributed by atoms with Crippen molar-refractivity contribution in [1.29, 1.82) is 0 Å². The first-order valence-electron chi connectivity index (χ1n) is 9.61. The Balaban J connectivity index is 1.60. The lowest BCUT2D eigenvalue weighted by Gasteiger charge is -2.32. The van der Waals surface area contributed by atoms with E-state index >= 15 is 0 Å². The van der Waals surface area contributed by atoms with Gasteiger partial charge in [0, 0.05) is 31.1 Å². The number of benzene rings is 1. The number of rotatable bonds is 4. The van der Waals surface area contributed by atoms with E-state index in [0.717, 1.165) is 31.2 Å². The quantitative estimate of drug-likeness (QED) is 0.836. The molecule has 1 aliphatic carbocycles. The Kier molecular flexibility index (Phi) is 6.41. The number of likely N-dealkylation sites (tertiary alicyclic amines) is 1. The Hall–Kier alpha value is -1.75. The zero-order valence-corrected chi connectivity index (χ0v) is 16.1. The molecule has 1 atom stereocenters. The molecule has 1 aromatic rings. The van der Waals surface area contributed by atoms with E-state index in [-0.39, 0.29) is 24.0 Å². The van der Waals surface area contributed by atoms with Gasteiger partial charge in [-0.3, -0.25) is 4.79 Å². The number of nitrogens with zero attached hydrogens (tertiary/aromatic N) is 1. The highest BCUT2D eigenvalue weighted by Gasteiger charge is 2.29. The van der Waals surface area contributed by atoms with Gasteiger partial charge in [-0.2, -0.15) is 0 Å². The van der Waals surface area contributed by atoms with E-state index < -0.39 is 0 Å². The molecule has 26 heavy (non-hydrogen) atoms. The molecule has 1 saturated heterocycles. The highest BCUT2D eigenvalue weighted by atomic mass is 35.5. The van der Waals surface area contributed by atoms with Gasteiger partial charge in [0.25, 0.3) is 0 Å². The maximum absolute atomic E-state index is 12.6. The molecule has 1 aromatic carbocycles. The number of hydrogen-bond acceptors (Lipinski definition) is 2. The normalized spacial score (nSPS) is 20.0. The van der Waals surface area contributed by atoms with Crippen molar-refractivity contribution in [2.24, 2.45) is 5.92 Å². The third-order valence-corrected chi connectivity index (χ3v) is 5.88. The van der Waals surface area contributed by atoms with Gasteiger partial charge in [-0.25, -0.2) is 4.79 Å². The zero-order chi connectivity index (χ0) is 18.5. The van der Waals surface area contributed by atoms with Crippen LogP contribution in [-0.4, -0.2) is 36.0 Å². The summed E-state index contributed by atoms with van der Waals surface area (Å²) in [4.78, 5) is 25.9. The summed E-state index contributed by atoms with van der Waals surface area (Å²) in [7, 11) is 0. The summed E-state index contributed by atoms with van der Waals surface area (Å²) in [6.07, 6.45) is 6.31. The Morgan fingerprint density at radius 2 is 1.85 bits per heavy atom. The second-order valence-corrected chi connectivity index (χ2v) is 7.91. The molecule has 142 valence electrons. The van der Waals surface area contributed by atoms with Gasteiger partial charge in [0.2, 0.25) is 5.91 Å². The van der Waals surface area contributed by atoms with E-state index in [1.54, 1.807) is 6.92 Å². The van der Waals surface area contributed by atoms with Gasteiger partial charge in [0.1, 0.15) is 0 Å². The molecule has 0 aromatic heterocycles. The molecule has 0 bridgehead atoms. The molecule has 2 fully saturated rings. The molecule has 0 radical (unpaired) electrons. The van der Waals surface area contributed by atoms with E-state index in [4.69, 9.17) is 11.6 Å². The van der Waals surface area contributed by atoms with Crippen molar-refractivity contribution in [3.8, 4) is 0 Å². The summed E-state index contributed by atoms with van der Waals surface area (Å²) >= 11 is 6.17. The molecule has 6 heteroatoms. The number of urea groups is 1. The summed E-state index contributed by atoms with van der Waals surface area (Å²) in [6.45, 7) is 3.01. The van der Waals surface area contributed by atoms with Gasteiger partial charge in [-0.05, 0) is 49.3 Å². The van der Waals surface area contributed by atoms with Gasteiger partial charge in [0.05, 0.1) is 6.04 Å². The minimum absolute atomic E-state index is 0.00601. The van der Waals surface area contributed by atoms with Crippen LogP contribution in [0, 0.1) is 5.92 Å². The van der Waals surface area contributed by atoms with Crippen LogP contribution in [0.3, 0.4) is 0 Å². The van der Waals surface area contributed by atoms with Crippen LogP contribution in [0.15, 0.2) is 24.3 Å². The second-order valence-electron chi connectivity index (χ2n) is 7.48. The molecule has 1 saturated carbocycles. The molecular weight excluding hydrogens is 350 g/mol. The average Bonchev–Trinajstić information content (AvgIpc) is 3.14. The fourth-order valence-corrected chi connectivity index (χ4v) is 4.37. The maximum atomic E-state index is 12.6. The molecule has 2 aliphatic rings. The van der Waals surface area contributed by atoms with Gasteiger partial charge < -0.3 is 15.5 Å². The van der Waals surface area contributed by atoms with Gasteiger partial charge in [-0.1, -0.05) is 36.6 Å². The first-order valence-corrected chi connectivity index (χ1v) is 9.98. The number of carbonyl (C=O) groups is 2. The van der Waals surface area contributed by atoms with Crippen molar-refractivity contribution in [3.05, 3.63) is 34.9 Å². The van der Waals surface area contributed by atoms with Crippen molar-refractivity contribution in [1.82, 2.24) is 15.5 Å². The maximum Gasteiger partial charge on any atom is 0.315 e. The molecule has 5 nitrogen and oxygen atoms in total. The fraction of sp³-hybridized carbons (Fsp3) is 0.600. The number of carbonyl (C=O) groups excluding carboxylic acids is 2. The molecule has 3 amide bonds. The standard InChI is InChI=1S/C20H28ClN3O2/c1-14(25)24-11-9-18(10-12-24)22-20(26)23-19(15-5-2-3-6-15)16-7-4-8-17(21)13-16/h4,7-8,13,15,18-19H,2-3,5-6,9-12H2,1H3,(H2,22,23,26)/t19-/m1/s1. The molecule has 3 rings (SSSR count). The largest absolute Gasteiger partial charge is 0.343 e. The third-order valence-electron chi connectivity index (χ3n) is 5.64. The molecule has 0 unspecified atom stereocenters. The van der Waals surface area contributed by atoms with Crippen molar-refractivity contribution in [2.75, 3.05) is 13.1 Å². The van der Waals surface area contributed by atoms with E-state index in [0.29, 0.717) is 24.0 Å². The predicted octanol–water partition coefficient (Wildman–Crippen LogP) is 3.88. The predicted molar refractivity (Wildman–Crippen MR) is 103 cm³/mol. The van der Waals surface area contributed by atoms with E-state index in [2.05, 4.69) is 10.6 Å². The van der Waals surface area contributed by atoms with Crippen LogP contribution in [0.2, 0.25) is 5.02 Å². The molecule has 0 spiro atoms. The lowest BCUT2D eigenvalue weighted by atomic mass is 9.91. The summed E-state index contributed by atoms with van der Waals surface area (Å²) in [5.74, 6) is 0.564. The average molecular weight is 378 g/mol. The fourth-order valence-electron chi connectivity index (χ4n) is 4.17. The third kappa shape index (κ3) is 4.91. The SMILES string of the molecule is CC(=O)N1CCC(NC(=O)N[C@@H](c2cccc(Cl)c2)C2CCCC2)CC1. The monoisotopic (exact) mass is 377 g/mol. The van der Waals surface area contributed by atoms with Crippen LogP contribution in [0.4, 0.5) is 4.79 Å². The zero-order valence-electron chi connectivity index (χ0n) is 15.3. The number of halogens is 1. The van der Waals surface area contributed by atoms with Crippen LogP contribution in [0.25, 0.3) is 0 Å². The smallest absolute Gasteiger partial charge is 0.315 e. The summed E-state index contributed by atoms with van der Waals surface area (Å²) in [5.41, 5.74) is 1.07. The Morgan fingerprint density at radius 1 is 1.15 bits per heavy atom. The van der Waals surface area contributed by atoms with E-state index in [1.165, 1.54) is 12.8 Å². The number of piperidine rings is 1. The summed E-state index contributed by atoms with van der Waals surface area (Å²) in [6, 6.07) is 7.79.